The van der Waals surface area contributed by atoms with Crippen LogP contribution in [0, 0.1) is 0 Å². The number of nitrogens with one attached hydrogen (secondary N) is 1. The fraction of sp³-hybridized carbons (Fsp3) is 0.100. The predicted octanol–water partition coefficient (Wildman–Crippen LogP) is 2.80. The lowest BCUT2D eigenvalue weighted by atomic mass is 10.2. The van der Waals surface area contributed by atoms with E-state index in [-0.39, 0.29) is 34.7 Å². The molecular formula is C20H17N5O5S. The van der Waals surface area contributed by atoms with Crippen molar-refractivity contribution in [3.8, 4) is 11.7 Å². The maximum Gasteiger partial charge on any atom is 0.322 e. The van der Waals surface area contributed by atoms with Crippen LogP contribution >= 0.6 is 0 Å². The number of carbonyl (C=O) groups excluding carboxylic acids is 1. The van der Waals surface area contributed by atoms with E-state index < -0.39 is 15.9 Å². The van der Waals surface area contributed by atoms with Crippen molar-refractivity contribution in [3.05, 3.63) is 78.0 Å². The molecule has 2 aromatic carbocycles. The Labute approximate surface area is 177 Å². The van der Waals surface area contributed by atoms with Gasteiger partial charge in [0, 0.05) is 25.2 Å². The van der Waals surface area contributed by atoms with Crippen LogP contribution in [0.3, 0.4) is 0 Å². The molecule has 0 spiro atoms. The summed E-state index contributed by atoms with van der Waals surface area (Å²) in [6, 6.07) is 16.2. The number of hydrogen-bond donors (Lipinski definition) is 1. The standard InChI is InChI=1S/C20H17N5O5S/c1-25(13-14-5-3-2-4-6-14)31(27,28)16-9-7-15(8-10-16)18(26)22-20-24-23-19(29-20)17-11-12-21-30-17/h2-12H,13H2,1H3,(H,22,24,26). The molecule has 0 aliphatic carbocycles. The summed E-state index contributed by atoms with van der Waals surface area (Å²) in [5.74, 6) is -0.202. The second-order valence-electron chi connectivity index (χ2n) is 6.51. The average molecular weight is 439 g/mol. The summed E-state index contributed by atoms with van der Waals surface area (Å²) < 4.78 is 37.1. The van der Waals surface area contributed by atoms with Crippen molar-refractivity contribution in [2.24, 2.45) is 0 Å². The number of sulfonamides is 1. The van der Waals surface area contributed by atoms with Gasteiger partial charge in [0.1, 0.15) is 0 Å². The first-order valence-electron chi connectivity index (χ1n) is 9.10. The van der Waals surface area contributed by atoms with E-state index in [0.29, 0.717) is 0 Å². The molecule has 0 unspecified atom stereocenters. The lowest BCUT2D eigenvalue weighted by molar-refractivity contribution is 0.102. The number of amides is 1. The van der Waals surface area contributed by atoms with Crippen LogP contribution in [0.2, 0.25) is 0 Å². The van der Waals surface area contributed by atoms with Crippen molar-refractivity contribution >= 4 is 21.9 Å². The highest BCUT2D eigenvalue weighted by Gasteiger charge is 2.22. The van der Waals surface area contributed by atoms with Crippen LogP contribution in [0.1, 0.15) is 15.9 Å². The van der Waals surface area contributed by atoms with Gasteiger partial charge in [0.15, 0.2) is 0 Å². The van der Waals surface area contributed by atoms with Crippen LogP contribution < -0.4 is 5.32 Å². The van der Waals surface area contributed by atoms with Gasteiger partial charge in [-0.3, -0.25) is 10.1 Å². The maximum atomic E-state index is 12.8. The van der Waals surface area contributed by atoms with Crippen molar-refractivity contribution in [2.45, 2.75) is 11.4 Å². The third kappa shape index (κ3) is 4.52. The number of anilines is 1. The highest BCUT2D eigenvalue weighted by molar-refractivity contribution is 7.89. The zero-order chi connectivity index (χ0) is 21.8. The van der Waals surface area contributed by atoms with Gasteiger partial charge in [-0.2, -0.15) is 4.31 Å². The quantitative estimate of drug-likeness (QED) is 0.465. The van der Waals surface area contributed by atoms with Gasteiger partial charge >= 0.3 is 6.01 Å². The summed E-state index contributed by atoms with van der Waals surface area (Å²) in [4.78, 5) is 12.5. The Morgan fingerprint density at radius 2 is 1.77 bits per heavy atom. The number of carbonyl (C=O) groups is 1. The molecule has 11 heteroatoms. The van der Waals surface area contributed by atoms with Crippen LogP contribution in [-0.4, -0.2) is 41.0 Å². The highest BCUT2D eigenvalue weighted by atomic mass is 32.2. The zero-order valence-corrected chi connectivity index (χ0v) is 17.1. The Morgan fingerprint density at radius 3 is 2.45 bits per heavy atom. The third-order valence-corrected chi connectivity index (χ3v) is 6.18. The van der Waals surface area contributed by atoms with Crippen LogP contribution in [0.5, 0.6) is 0 Å². The van der Waals surface area contributed by atoms with Crippen molar-refractivity contribution in [1.82, 2.24) is 19.7 Å². The van der Waals surface area contributed by atoms with Crippen molar-refractivity contribution in [2.75, 3.05) is 12.4 Å². The second-order valence-corrected chi connectivity index (χ2v) is 8.56. The van der Waals surface area contributed by atoms with Crippen LogP contribution in [0.15, 0.2) is 80.7 Å². The average Bonchev–Trinajstić information content (AvgIpc) is 3.46. The van der Waals surface area contributed by atoms with E-state index in [4.69, 9.17) is 8.94 Å². The zero-order valence-electron chi connectivity index (χ0n) is 16.3. The largest absolute Gasteiger partial charge is 0.400 e. The minimum absolute atomic E-state index is 0.0655. The van der Waals surface area contributed by atoms with Crippen LogP contribution in [-0.2, 0) is 16.6 Å². The first-order valence-corrected chi connectivity index (χ1v) is 10.5. The van der Waals surface area contributed by atoms with E-state index >= 15 is 0 Å². The minimum atomic E-state index is -3.72. The summed E-state index contributed by atoms with van der Waals surface area (Å²) in [7, 11) is -2.21. The molecule has 4 rings (SSSR count). The van der Waals surface area contributed by atoms with Crippen molar-refractivity contribution < 1.29 is 22.2 Å². The molecule has 0 aliphatic rings. The molecule has 10 nitrogen and oxygen atoms in total. The molecular weight excluding hydrogens is 422 g/mol. The van der Waals surface area contributed by atoms with Gasteiger partial charge in [0.25, 0.3) is 11.8 Å². The lowest BCUT2D eigenvalue weighted by Crippen LogP contribution is -2.26. The van der Waals surface area contributed by atoms with Crippen LogP contribution in [0.25, 0.3) is 11.7 Å². The van der Waals surface area contributed by atoms with E-state index in [0.717, 1.165) is 5.56 Å². The van der Waals surface area contributed by atoms with Crippen molar-refractivity contribution in [1.29, 1.82) is 0 Å². The third-order valence-electron chi connectivity index (χ3n) is 4.37. The summed E-state index contributed by atoms with van der Waals surface area (Å²) in [5.41, 5.74) is 1.10. The first kappa shape index (κ1) is 20.4. The molecule has 0 radical (unpaired) electrons. The summed E-state index contributed by atoms with van der Waals surface area (Å²) in [6.45, 7) is 0.232. The first-order chi connectivity index (χ1) is 14.9. The highest BCUT2D eigenvalue weighted by Crippen LogP contribution is 2.20. The Kier molecular flexibility index (Phi) is 5.60. The molecule has 2 aromatic heterocycles. The van der Waals surface area contributed by atoms with Crippen LogP contribution in [0.4, 0.5) is 6.01 Å². The van der Waals surface area contributed by atoms with E-state index in [1.165, 1.54) is 47.9 Å². The van der Waals surface area contributed by atoms with E-state index in [2.05, 4.69) is 20.7 Å². The van der Waals surface area contributed by atoms with Gasteiger partial charge in [-0.15, -0.1) is 5.10 Å². The topological polar surface area (TPSA) is 131 Å². The Morgan fingerprint density at radius 1 is 1.03 bits per heavy atom. The lowest BCUT2D eigenvalue weighted by Gasteiger charge is -2.17. The Balaban J connectivity index is 1.44. The molecule has 0 saturated heterocycles. The molecule has 158 valence electrons. The summed E-state index contributed by atoms with van der Waals surface area (Å²) >= 11 is 0. The Bertz CT molecular complexity index is 1270. The molecule has 0 atom stereocenters. The molecule has 1 amide bonds. The number of benzene rings is 2. The number of aromatic nitrogens is 3. The molecule has 4 aromatic rings. The SMILES string of the molecule is CN(Cc1ccccc1)S(=O)(=O)c1ccc(C(=O)Nc2nnc(-c3ccno3)o2)cc1. The normalized spacial score (nSPS) is 11.5. The number of hydrogen-bond acceptors (Lipinski definition) is 8. The molecule has 0 fully saturated rings. The molecule has 0 aliphatic heterocycles. The van der Waals surface area contributed by atoms with E-state index in [1.807, 2.05) is 30.3 Å². The molecule has 0 bridgehead atoms. The van der Waals surface area contributed by atoms with Gasteiger partial charge in [-0.1, -0.05) is 40.6 Å². The second kappa shape index (κ2) is 8.50. The molecule has 1 N–H and O–H groups in total. The predicted molar refractivity (Wildman–Crippen MR) is 109 cm³/mol. The van der Waals surface area contributed by atoms with E-state index in [1.54, 1.807) is 0 Å². The van der Waals surface area contributed by atoms with E-state index in [9.17, 15) is 13.2 Å². The molecule has 31 heavy (non-hydrogen) atoms. The molecule has 0 saturated carbocycles. The van der Waals surface area contributed by atoms with Gasteiger partial charge in [0.2, 0.25) is 15.8 Å². The fourth-order valence-corrected chi connectivity index (χ4v) is 3.91. The van der Waals surface area contributed by atoms with Crippen molar-refractivity contribution in [3.63, 3.8) is 0 Å². The summed E-state index contributed by atoms with van der Waals surface area (Å²) in [6.07, 6.45) is 1.42. The number of nitrogens with zero attached hydrogens (tertiary/aromatic N) is 4. The van der Waals surface area contributed by atoms with Gasteiger partial charge in [-0.25, -0.2) is 8.42 Å². The fourth-order valence-electron chi connectivity index (χ4n) is 2.75. The smallest absolute Gasteiger partial charge is 0.322 e. The Hall–Kier alpha value is -3.83. The molecule has 2 heterocycles. The maximum absolute atomic E-state index is 12.8. The monoisotopic (exact) mass is 439 g/mol. The number of rotatable bonds is 7. The van der Waals surface area contributed by atoms with Gasteiger partial charge in [-0.05, 0) is 29.8 Å². The summed E-state index contributed by atoms with van der Waals surface area (Å²) in [5, 5.41) is 13.5. The van der Waals surface area contributed by atoms with Gasteiger partial charge < -0.3 is 8.94 Å². The van der Waals surface area contributed by atoms with Gasteiger partial charge in [0.05, 0.1) is 11.1 Å². The minimum Gasteiger partial charge on any atom is -0.400 e.